The molecule has 1 aliphatic rings. The molecule has 80 valence electrons. The van der Waals surface area contributed by atoms with Crippen molar-refractivity contribution >= 4 is 18.7 Å². The number of carbonyl (C=O) groups excluding carboxylic acids is 1. The molecule has 1 heterocycles. The number of carbonyl (C=O) groups is 1. The van der Waals surface area contributed by atoms with Crippen LogP contribution in [0.4, 0.5) is 4.79 Å². The van der Waals surface area contributed by atoms with Gasteiger partial charge in [0.25, 0.3) is 0 Å². The zero-order chi connectivity index (χ0) is 10.7. The van der Waals surface area contributed by atoms with E-state index in [-0.39, 0.29) is 6.09 Å². The highest BCUT2D eigenvalue weighted by Crippen LogP contribution is 2.15. The largest absolute Gasteiger partial charge is 0.445 e. The van der Waals surface area contributed by atoms with E-state index in [2.05, 4.69) is 12.6 Å². The number of benzene rings is 1. The number of rotatable bonds is 2. The number of thiol groups is 1. The predicted octanol–water partition coefficient (Wildman–Crippen LogP) is 1.94. The van der Waals surface area contributed by atoms with Crippen LogP contribution in [0.5, 0.6) is 0 Å². The molecule has 0 atom stereocenters. The second-order valence-electron chi connectivity index (χ2n) is 3.60. The molecule has 3 nitrogen and oxygen atoms in total. The molecule has 0 saturated carbocycles. The lowest BCUT2D eigenvalue weighted by Gasteiger charge is -2.35. The van der Waals surface area contributed by atoms with Crippen LogP contribution in [0, 0.1) is 0 Å². The van der Waals surface area contributed by atoms with Crippen molar-refractivity contribution in [3.8, 4) is 0 Å². The molecular formula is C11H13NO2S. The second-order valence-corrected chi connectivity index (χ2v) is 4.33. The summed E-state index contributed by atoms with van der Waals surface area (Å²) in [6.07, 6.45) is -0.246. The van der Waals surface area contributed by atoms with Gasteiger partial charge in [-0.15, -0.1) is 0 Å². The van der Waals surface area contributed by atoms with Crippen LogP contribution in [-0.2, 0) is 11.3 Å². The van der Waals surface area contributed by atoms with E-state index < -0.39 is 0 Å². The molecule has 2 rings (SSSR count). The maximum atomic E-state index is 11.4. The van der Waals surface area contributed by atoms with Crippen LogP contribution in [0.15, 0.2) is 30.3 Å². The minimum absolute atomic E-state index is 0.246. The SMILES string of the molecule is O=C(OCc1ccccc1)N1CC(S)C1. The highest BCUT2D eigenvalue weighted by atomic mass is 32.1. The Kier molecular flexibility index (Phi) is 3.16. The Balaban J connectivity index is 1.76. The first-order valence-corrected chi connectivity index (χ1v) is 5.41. The normalized spacial score (nSPS) is 15.9. The van der Waals surface area contributed by atoms with Crippen molar-refractivity contribution in [2.24, 2.45) is 0 Å². The molecule has 0 N–H and O–H groups in total. The van der Waals surface area contributed by atoms with Crippen LogP contribution < -0.4 is 0 Å². The summed E-state index contributed by atoms with van der Waals surface area (Å²) in [5, 5.41) is 0.314. The van der Waals surface area contributed by atoms with E-state index >= 15 is 0 Å². The van der Waals surface area contributed by atoms with Crippen LogP contribution in [0.3, 0.4) is 0 Å². The molecule has 1 aromatic rings. The van der Waals surface area contributed by atoms with Crippen molar-refractivity contribution in [3.63, 3.8) is 0 Å². The zero-order valence-corrected chi connectivity index (χ0v) is 9.19. The number of ether oxygens (including phenoxy) is 1. The molecular weight excluding hydrogens is 210 g/mol. The Bertz CT molecular complexity index is 336. The Morgan fingerprint density at radius 1 is 1.40 bits per heavy atom. The highest BCUT2D eigenvalue weighted by molar-refractivity contribution is 7.81. The summed E-state index contributed by atoms with van der Waals surface area (Å²) >= 11 is 4.23. The Morgan fingerprint density at radius 3 is 2.67 bits per heavy atom. The van der Waals surface area contributed by atoms with Gasteiger partial charge in [-0.3, -0.25) is 0 Å². The molecule has 1 fully saturated rings. The molecule has 0 aliphatic carbocycles. The third-order valence-electron chi connectivity index (χ3n) is 2.33. The molecule has 1 amide bonds. The molecule has 15 heavy (non-hydrogen) atoms. The smallest absolute Gasteiger partial charge is 0.410 e. The van der Waals surface area contributed by atoms with Crippen molar-refractivity contribution in [1.82, 2.24) is 4.90 Å². The van der Waals surface area contributed by atoms with Crippen molar-refractivity contribution in [2.75, 3.05) is 13.1 Å². The van der Waals surface area contributed by atoms with Crippen LogP contribution >= 0.6 is 12.6 Å². The number of hydrogen-bond donors (Lipinski definition) is 1. The summed E-state index contributed by atoms with van der Waals surface area (Å²) in [4.78, 5) is 13.1. The number of hydrogen-bond acceptors (Lipinski definition) is 3. The molecule has 0 radical (unpaired) electrons. The van der Waals surface area contributed by atoms with Gasteiger partial charge in [0, 0.05) is 18.3 Å². The minimum atomic E-state index is -0.246. The van der Waals surface area contributed by atoms with Gasteiger partial charge in [0.1, 0.15) is 6.61 Å². The second kappa shape index (κ2) is 4.57. The lowest BCUT2D eigenvalue weighted by atomic mass is 10.2. The lowest BCUT2D eigenvalue weighted by Crippen LogP contribution is -2.51. The fraction of sp³-hybridized carbons (Fsp3) is 0.364. The van der Waals surface area contributed by atoms with Crippen LogP contribution in [0.25, 0.3) is 0 Å². The zero-order valence-electron chi connectivity index (χ0n) is 8.30. The predicted molar refractivity (Wildman–Crippen MR) is 61.0 cm³/mol. The average molecular weight is 223 g/mol. The lowest BCUT2D eigenvalue weighted by molar-refractivity contribution is 0.0780. The van der Waals surface area contributed by atoms with Gasteiger partial charge in [-0.25, -0.2) is 4.79 Å². The van der Waals surface area contributed by atoms with Gasteiger partial charge >= 0.3 is 6.09 Å². The summed E-state index contributed by atoms with van der Waals surface area (Å²) in [6.45, 7) is 1.72. The maximum Gasteiger partial charge on any atom is 0.410 e. The van der Waals surface area contributed by atoms with Gasteiger partial charge < -0.3 is 9.64 Å². The molecule has 0 spiro atoms. The van der Waals surface area contributed by atoms with Gasteiger partial charge in [0.2, 0.25) is 0 Å². The van der Waals surface area contributed by atoms with E-state index in [4.69, 9.17) is 4.74 Å². The van der Waals surface area contributed by atoms with Gasteiger partial charge in [0.05, 0.1) is 0 Å². The minimum Gasteiger partial charge on any atom is -0.445 e. The molecule has 0 aromatic heterocycles. The number of nitrogens with zero attached hydrogens (tertiary/aromatic N) is 1. The molecule has 1 aromatic carbocycles. The molecule has 1 aliphatic heterocycles. The van der Waals surface area contributed by atoms with E-state index in [1.54, 1.807) is 4.90 Å². The Morgan fingerprint density at radius 2 is 2.07 bits per heavy atom. The first-order valence-electron chi connectivity index (χ1n) is 4.89. The molecule has 1 saturated heterocycles. The van der Waals surface area contributed by atoms with Crippen molar-refractivity contribution in [1.29, 1.82) is 0 Å². The van der Waals surface area contributed by atoms with E-state index in [1.165, 1.54) is 0 Å². The third kappa shape index (κ3) is 2.65. The van der Waals surface area contributed by atoms with E-state index in [9.17, 15) is 4.79 Å². The summed E-state index contributed by atoms with van der Waals surface area (Å²) in [5.74, 6) is 0. The molecule has 0 bridgehead atoms. The fourth-order valence-corrected chi connectivity index (χ4v) is 1.81. The fourth-order valence-electron chi connectivity index (χ4n) is 1.41. The average Bonchev–Trinajstić information content (AvgIpc) is 2.23. The number of amides is 1. The van der Waals surface area contributed by atoms with Gasteiger partial charge in [-0.1, -0.05) is 30.3 Å². The molecule has 4 heteroatoms. The van der Waals surface area contributed by atoms with Crippen molar-refractivity contribution < 1.29 is 9.53 Å². The van der Waals surface area contributed by atoms with Crippen molar-refractivity contribution in [2.45, 2.75) is 11.9 Å². The first-order chi connectivity index (χ1) is 7.25. The summed E-state index contributed by atoms with van der Waals surface area (Å²) < 4.78 is 5.13. The summed E-state index contributed by atoms with van der Waals surface area (Å²) in [7, 11) is 0. The van der Waals surface area contributed by atoms with Crippen LogP contribution in [0.1, 0.15) is 5.56 Å². The summed E-state index contributed by atoms with van der Waals surface area (Å²) in [6, 6.07) is 9.66. The van der Waals surface area contributed by atoms with Crippen LogP contribution in [0.2, 0.25) is 0 Å². The van der Waals surface area contributed by atoms with E-state index in [1.807, 2.05) is 30.3 Å². The van der Waals surface area contributed by atoms with Crippen LogP contribution in [-0.4, -0.2) is 29.3 Å². The van der Waals surface area contributed by atoms with Gasteiger partial charge in [-0.05, 0) is 5.56 Å². The number of likely N-dealkylation sites (tertiary alicyclic amines) is 1. The van der Waals surface area contributed by atoms with Gasteiger partial charge in [0.15, 0.2) is 0 Å². The maximum absolute atomic E-state index is 11.4. The monoisotopic (exact) mass is 223 g/mol. The Hall–Kier alpha value is -1.16. The standard InChI is InChI=1S/C11H13NO2S/c13-11(12-6-10(15)7-12)14-8-9-4-2-1-3-5-9/h1-5,10,15H,6-8H2. The van der Waals surface area contributed by atoms with E-state index in [0.717, 1.165) is 5.56 Å². The van der Waals surface area contributed by atoms with E-state index in [0.29, 0.717) is 24.9 Å². The highest BCUT2D eigenvalue weighted by Gasteiger charge is 2.28. The topological polar surface area (TPSA) is 29.5 Å². The summed E-state index contributed by atoms with van der Waals surface area (Å²) in [5.41, 5.74) is 1.01. The molecule has 0 unspecified atom stereocenters. The quantitative estimate of drug-likeness (QED) is 0.776. The van der Waals surface area contributed by atoms with Gasteiger partial charge in [-0.2, -0.15) is 12.6 Å². The third-order valence-corrected chi connectivity index (χ3v) is 2.65. The first kappa shape index (κ1) is 10.4. The van der Waals surface area contributed by atoms with Crippen molar-refractivity contribution in [3.05, 3.63) is 35.9 Å². The Labute approximate surface area is 94.4 Å².